The Labute approximate surface area is 109 Å². The van der Waals surface area contributed by atoms with Crippen LogP contribution in [-0.2, 0) is 7.05 Å². The summed E-state index contributed by atoms with van der Waals surface area (Å²) in [6.07, 6.45) is 3.09. The monoisotopic (exact) mass is 259 g/mol. The summed E-state index contributed by atoms with van der Waals surface area (Å²) in [6.45, 7) is 0. The van der Waals surface area contributed by atoms with Crippen LogP contribution in [0.25, 0.3) is 0 Å². The largest absolute Gasteiger partial charge is 0.409 e. The molecule has 4 N–H and O–H groups in total. The number of nitrogens with one attached hydrogen (secondary N) is 1. The van der Waals surface area contributed by atoms with Gasteiger partial charge in [-0.1, -0.05) is 17.3 Å². The second-order valence-electron chi connectivity index (χ2n) is 3.92. The number of carbonyl (C=O) groups is 1. The number of amidine groups is 1. The molecule has 1 aromatic carbocycles. The van der Waals surface area contributed by atoms with Crippen molar-refractivity contribution in [2.75, 3.05) is 5.32 Å². The molecule has 0 unspecified atom stereocenters. The van der Waals surface area contributed by atoms with Crippen molar-refractivity contribution in [3.8, 4) is 0 Å². The number of nitrogens with two attached hydrogens (primary N) is 1. The molecule has 0 saturated carbocycles. The van der Waals surface area contributed by atoms with Gasteiger partial charge in [-0.2, -0.15) is 5.10 Å². The van der Waals surface area contributed by atoms with E-state index in [4.69, 9.17) is 10.9 Å². The number of amides is 1. The summed E-state index contributed by atoms with van der Waals surface area (Å²) >= 11 is 0. The molecule has 0 spiro atoms. The standard InChI is InChI=1S/C12H13N5O2/c1-17-7-9(6-14-17)12(18)15-10-4-2-3-8(5-10)11(13)16-19/h2-7,19H,1H3,(H2,13,16)(H,15,18). The number of hydrogen-bond donors (Lipinski definition) is 3. The molecule has 19 heavy (non-hydrogen) atoms. The fourth-order valence-corrected chi connectivity index (χ4v) is 1.56. The second-order valence-corrected chi connectivity index (χ2v) is 3.92. The van der Waals surface area contributed by atoms with Gasteiger partial charge in [-0.05, 0) is 12.1 Å². The van der Waals surface area contributed by atoms with E-state index in [-0.39, 0.29) is 11.7 Å². The Bertz CT molecular complexity index is 633. The number of oxime groups is 1. The molecule has 2 aromatic rings. The van der Waals surface area contributed by atoms with E-state index in [1.54, 1.807) is 42.2 Å². The Balaban J connectivity index is 2.17. The summed E-state index contributed by atoms with van der Waals surface area (Å²) in [4.78, 5) is 11.9. The molecule has 0 aliphatic rings. The van der Waals surface area contributed by atoms with Crippen LogP contribution in [0.15, 0.2) is 41.8 Å². The second kappa shape index (κ2) is 5.21. The predicted octanol–water partition coefficient (Wildman–Crippen LogP) is 0.767. The summed E-state index contributed by atoms with van der Waals surface area (Å²) in [5.41, 5.74) is 7.01. The molecule has 7 heteroatoms. The Morgan fingerprint density at radius 1 is 1.47 bits per heavy atom. The van der Waals surface area contributed by atoms with E-state index in [2.05, 4.69) is 15.6 Å². The first-order chi connectivity index (χ1) is 9.10. The molecule has 0 saturated heterocycles. The van der Waals surface area contributed by atoms with Crippen molar-refractivity contribution >= 4 is 17.4 Å². The van der Waals surface area contributed by atoms with E-state index in [0.29, 0.717) is 16.8 Å². The molecule has 0 atom stereocenters. The minimum absolute atomic E-state index is 0.0162. The quantitative estimate of drug-likeness (QED) is 0.327. The average Bonchev–Trinajstić information content (AvgIpc) is 2.85. The lowest BCUT2D eigenvalue weighted by Crippen LogP contribution is -2.15. The molecule has 0 aliphatic heterocycles. The van der Waals surface area contributed by atoms with E-state index in [1.165, 1.54) is 6.20 Å². The van der Waals surface area contributed by atoms with Crippen LogP contribution in [0.1, 0.15) is 15.9 Å². The molecule has 7 nitrogen and oxygen atoms in total. The minimum atomic E-state index is -0.273. The zero-order valence-electron chi connectivity index (χ0n) is 10.2. The van der Waals surface area contributed by atoms with E-state index in [1.807, 2.05) is 0 Å². The third-order valence-electron chi connectivity index (χ3n) is 2.49. The van der Waals surface area contributed by atoms with Crippen LogP contribution in [0.5, 0.6) is 0 Å². The van der Waals surface area contributed by atoms with Crippen molar-refractivity contribution in [1.82, 2.24) is 9.78 Å². The highest BCUT2D eigenvalue weighted by Gasteiger charge is 2.09. The van der Waals surface area contributed by atoms with Crippen LogP contribution in [0.3, 0.4) is 0 Å². The van der Waals surface area contributed by atoms with Crippen molar-refractivity contribution in [1.29, 1.82) is 0 Å². The molecular weight excluding hydrogens is 246 g/mol. The molecular formula is C12H13N5O2. The van der Waals surface area contributed by atoms with Crippen molar-refractivity contribution in [2.24, 2.45) is 17.9 Å². The SMILES string of the molecule is Cn1cc(C(=O)Nc2cccc(/C(N)=N/O)c2)cn1. The van der Waals surface area contributed by atoms with Gasteiger partial charge in [0.25, 0.3) is 5.91 Å². The van der Waals surface area contributed by atoms with E-state index in [0.717, 1.165) is 0 Å². The van der Waals surface area contributed by atoms with Gasteiger partial charge in [-0.25, -0.2) is 0 Å². The summed E-state index contributed by atoms with van der Waals surface area (Å²) in [6, 6.07) is 6.70. The molecule has 1 amide bonds. The number of anilines is 1. The fraction of sp³-hybridized carbons (Fsp3) is 0.0833. The lowest BCUT2D eigenvalue weighted by Gasteiger charge is -2.05. The van der Waals surface area contributed by atoms with Crippen LogP contribution in [-0.4, -0.2) is 26.7 Å². The average molecular weight is 259 g/mol. The maximum absolute atomic E-state index is 11.9. The van der Waals surface area contributed by atoms with Crippen LogP contribution < -0.4 is 11.1 Å². The minimum Gasteiger partial charge on any atom is -0.409 e. The van der Waals surface area contributed by atoms with Gasteiger partial charge in [-0.3, -0.25) is 9.48 Å². The molecule has 0 fully saturated rings. The van der Waals surface area contributed by atoms with Crippen LogP contribution in [0.4, 0.5) is 5.69 Å². The highest BCUT2D eigenvalue weighted by atomic mass is 16.4. The first-order valence-corrected chi connectivity index (χ1v) is 5.48. The molecule has 0 bridgehead atoms. The van der Waals surface area contributed by atoms with Crippen LogP contribution in [0, 0.1) is 0 Å². The molecule has 0 aliphatic carbocycles. The van der Waals surface area contributed by atoms with Gasteiger partial charge in [0.05, 0.1) is 11.8 Å². The fourth-order valence-electron chi connectivity index (χ4n) is 1.56. The van der Waals surface area contributed by atoms with Crippen molar-refractivity contribution < 1.29 is 10.0 Å². The predicted molar refractivity (Wildman–Crippen MR) is 70.1 cm³/mol. The molecule has 1 heterocycles. The number of benzene rings is 1. The van der Waals surface area contributed by atoms with E-state index >= 15 is 0 Å². The van der Waals surface area contributed by atoms with Gasteiger partial charge >= 0.3 is 0 Å². The van der Waals surface area contributed by atoms with Gasteiger partial charge in [0.15, 0.2) is 5.84 Å². The summed E-state index contributed by atoms with van der Waals surface area (Å²) in [5.74, 6) is -0.290. The number of nitrogens with zero attached hydrogens (tertiary/aromatic N) is 3. The molecule has 1 aromatic heterocycles. The molecule has 2 rings (SSSR count). The lowest BCUT2D eigenvalue weighted by atomic mass is 10.2. The Morgan fingerprint density at radius 3 is 2.89 bits per heavy atom. The molecule has 0 radical (unpaired) electrons. The molecule has 98 valence electrons. The van der Waals surface area contributed by atoms with Crippen molar-refractivity contribution in [3.63, 3.8) is 0 Å². The number of rotatable bonds is 3. The Morgan fingerprint density at radius 2 is 2.26 bits per heavy atom. The first kappa shape index (κ1) is 12.6. The smallest absolute Gasteiger partial charge is 0.258 e. The van der Waals surface area contributed by atoms with Crippen molar-refractivity contribution in [2.45, 2.75) is 0 Å². The third-order valence-corrected chi connectivity index (χ3v) is 2.49. The highest BCUT2D eigenvalue weighted by Crippen LogP contribution is 2.12. The summed E-state index contributed by atoms with van der Waals surface area (Å²) in [7, 11) is 1.73. The maximum atomic E-state index is 11.9. The Kier molecular flexibility index (Phi) is 3.46. The Hall–Kier alpha value is -2.83. The first-order valence-electron chi connectivity index (χ1n) is 5.48. The van der Waals surface area contributed by atoms with E-state index < -0.39 is 0 Å². The van der Waals surface area contributed by atoms with Gasteiger partial charge in [-0.15, -0.1) is 0 Å². The summed E-state index contributed by atoms with van der Waals surface area (Å²) in [5, 5.41) is 18.1. The van der Waals surface area contributed by atoms with Gasteiger partial charge in [0.1, 0.15) is 0 Å². The normalized spacial score (nSPS) is 11.3. The highest BCUT2D eigenvalue weighted by molar-refractivity contribution is 6.05. The van der Waals surface area contributed by atoms with Crippen LogP contribution in [0.2, 0.25) is 0 Å². The van der Waals surface area contributed by atoms with Gasteiger partial charge in [0.2, 0.25) is 0 Å². The lowest BCUT2D eigenvalue weighted by molar-refractivity contribution is 0.102. The number of aryl methyl sites for hydroxylation is 1. The number of hydrogen-bond acceptors (Lipinski definition) is 4. The van der Waals surface area contributed by atoms with Gasteiger partial charge < -0.3 is 16.3 Å². The number of carbonyl (C=O) groups excluding carboxylic acids is 1. The summed E-state index contributed by atoms with van der Waals surface area (Å²) < 4.78 is 1.54. The third kappa shape index (κ3) is 2.89. The maximum Gasteiger partial charge on any atom is 0.258 e. The topological polar surface area (TPSA) is 106 Å². The zero-order valence-corrected chi connectivity index (χ0v) is 10.2. The van der Waals surface area contributed by atoms with Crippen LogP contribution >= 0.6 is 0 Å². The zero-order chi connectivity index (χ0) is 13.8. The number of aromatic nitrogens is 2. The van der Waals surface area contributed by atoms with E-state index in [9.17, 15) is 4.79 Å². The van der Waals surface area contributed by atoms with Gasteiger partial charge in [0, 0.05) is 24.5 Å². The van der Waals surface area contributed by atoms with Crippen molar-refractivity contribution in [3.05, 3.63) is 47.8 Å².